The van der Waals surface area contributed by atoms with Gasteiger partial charge in [-0.25, -0.2) is 4.79 Å². The summed E-state index contributed by atoms with van der Waals surface area (Å²) in [7, 11) is 0. The average Bonchev–Trinajstić information content (AvgIpc) is 2.56. The lowest BCUT2D eigenvalue weighted by molar-refractivity contribution is -0.00000820. The van der Waals surface area contributed by atoms with Crippen LogP contribution in [0, 0.1) is 13.8 Å². The molecule has 0 fully saturated rings. The van der Waals surface area contributed by atoms with Crippen LogP contribution in [-0.4, -0.2) is 19.1 Å². The van der Waals surface area contributed by atoms with E-state index in [0.717, 1.165) is 29.9 Å². The van der Waals surface area contributed by atoms with Crippen LogP contribution in [0.2, 0.25) is 0 Å². The molecule has 0 atom stereocenters. The Kier molecular flexibility index (Phi) is 8.29. The second kappa shape index (κ2) is 9.94. The highest BCUT2D eigenvalue weighted by atomic mass is 35.5. The summed E-state index contributed by atoms with van der Waals surface area (Å²) in [6.45, 7) is 10.8. The molecule has 0 bridgehead atoms. The number of hydrogen-bond donors (Lipinski definition) is 2. The molecular weight excluding hydrogens is 334 g/mol. The number of benzene rings is 2. The summed E-state index contributed by atoms with van der Waals surface area (Å²) < 4.78 is 0. The van der Waals surface area contributed by atoms with Crippen molar-refractivity contribution in [2.75, 3.05) is 23.3 Å². The number of anilines is 2. The Morgan fingerprint density at radius 3 is 2.36 bits per heavy atom. The molecule has 2 aromatic rings. The van der Waals surface area contributed by atoms with E-state index < -0.39 is 0 Å². The molecular formula is C20H27ClN3O-. The molecule has 0 spiro atoms. The topological polar surface area (TPSA) is 44.4 Å². The van der Waals surface area contributed by atoms with Crippen molar-refractivity contribution < 1.29 is 17.2 Å². The van der Waals surface area contributed by atoms with Crippen LogP contribution in [0.15, 0.2) is 42.5 Å². The fourth-order valence-corrected chi connectivity index (χ4v) is 2.74. The average molecular weight is 361 g/mol. The summed E-state index contributed by atoms with van der Waals surface area (Å²) in [5.74, 6) is 0. The van der Waals surface area contributed by atoms with Gasteiger partial charge in [0.25, 0.3) is 0 Å². The van der Waals surface area contributed by atoms with Crippen molar-refractivity contribution >= 4 is 17.4 Å². The van der Waals surface area contributed by atoms with Crippen molar-refractivity contribution in [3.8, 4) is 0 Å². The molecule has 2 rings (SSSR count). The van der Waals surface area contributed by atoms with Crippen LogP contribution in [0.3, 0.4) is 0 Å². The van der Waals surface area contributed by atoms with Crippen LogP contribution < -0.4 is 27.9 Å². The largest absolute Gasteiger partial charge is 1.00 e. The molecule has 2 N–H and O–H groups in total. The first-order valence-corrected chi connectivity index (χ1v) is 8.49. The maximum atomic E-state index is 12.1. The molecule has 5 heteroatoms. The second-order valence-electron chi connectivity index (χ2n) is 5.97. The lowest BCUT2D eigenvalue weighted by Gasteiger charge is -2.22. The third-order valence-corrected chi connectivity index (χ3v) is 4.12. The normalized spacial score (nSPS) is 9.92. The Morgan fingerprint density at radius 2 is 1.76 bits per heavy atom. The Balaban J connectivity index is 0.00000312. The molecule has 0 saturated heterocycles. The molecule has 2 aromatic carbocycles. The number of carbonyl (C=O) groups excluding carboxylic acids is 1. The minimum atomic E-state index is -0.185. The van der Waals surface area contributed by atoms with E-state index in [2.05, 4.69) is 47.6 Å². The van der Waals surface area contributed by atoms with Gasteiger partial charge in [0.05, 0.1) is 0 Å². The van der Waals surface area contributed by atoms with E-state index in [0.29, 0.717) is 6.54 Å². The first-order valence-electron chi connectivity index (χ1n) is 8.49. The molecule has 0 heterocycles. The number of aryl methyl sites for hydroxylation is 2. The predicted molar refractivity (Wildman–Crippen MR) is 102 cm³/mol. The lowest BCUT2D eigenvalue weighted by Crippen LogP contribution is -3.00. The number of carbonyl (C=O) groups is 1. The molecule has 0 aliphatic rings. The highest BCUT2D eigenvalue weighted by Crippen LogP contribution is 2.22. The lowest BCUT2D eigenvalue weighted by atomic mass is 10.1. The van der Waals surface area contributed by atoms with Gasteiger partial charge in [0.1, 0.15) is 0 Å². The molecule has 0 aromatic heterocycles. The Morgan fingerprint density at radius 1 is 1.04 bits per heavy atom. The summed E-state index contributed by atoms with van der Waals surface area (Å²) in [6, 6.07) is 14.1. The van der Waals surface area contributed by atoms with Gasteiger partial charge in [0.2, 0.25) is 0 Å². The standard InChI is InChI=1S/C20H27N3O.ClH/c1-5-23(6-2)18-10-11-19(16(4)13-18)22-20(24)21-14-17-9-7-8-15(3)12-17;/h7-13H,5-6,14H2,1-4H3,(H2,21,22,24);1H/p-1. The van der Waals surface area contributed by atoms with Gasteiger partial charge in [-0.1, -0.05) is 29.8 Å². The number of hydrogen-bond acceptors (Lipinski definition) is 2. The van der Waals surface area contributed by atoms with Gasteiger partial charge in [-0.2, -0.15) is 0 Å². The van der Waals surface area contributed by atoms with E-state index in [4.69, 9.17) is 0 Å². The zero-order chi connectivity index (χ0) is 17.5. The van der Waals surface area contributed by atoms with E-state index in [1.165, 1.54) is 11.3 Å². The smallest absolute Gasteiger partial charge is 0.319 e. The van der Waals surface area contributed by atoms with E-state index in [9.17, 15) is 4.79 Å². The van der Waals surface area contributed by atoms with Gasteiger partial charge >= 0.3 is 6.03 Å². The van der Waals surface area contributed by atoms with Crippen LogP contribution in [0.25, 0.3) is 0 Å². The minimum Gasteiger partial charge on any atom is -1.00 e. The molecule has 0 aliphatic carbocycles. The van der Waals surface area contributed by atoms with Crippen LogP contribution in [0.1, 0.15) is 30.5 Å². The summed E-state index contributed by atoms with van der Waals surface area (Å²) >= 11 is 0. The number of nitrogens with zero attached hydrogens (tertiary/aromatic N) is 1. The summed E-state index contributed by atoms with van der Waals surface area (Å²) in [6.07, 6.45) is 0. The SMILES string of the molecule is CCN(CC)c1ccc(NC(=O)NCc2cccc(C)c2)c(C)c1.[Cl-]. The number of halogens is 1. The van der Waals surface area contributed by atoms with Gasteiger partial charge in [-0.05, 0) is 57.0 Å². The fourth-order valence-electron chi connectivity index (χ4n) is 2.74. The number of nitrogens with one attached hydrogen (secondary N) is 2. The van der Waals surface area contributed by atoms with Gasteiger partial charge < -0.3 is 27.9 Å². The van der Waals surface area contributed by atoms with Crippen LogP contribution in [0.4, 0.5) is 16.2 Å². The summed E-state index contributed by atoms with van der Waals surface area (Å²) in [4.78, 5) is 14.4. The zero-order valence-corrected chi connectivity index (χ0v) is 16.2. The Labute approximate surface area is 157 Å². The van der Waals surface area contributed by atoms with E-state index in [1.54, 1.807) is 0 Å². The van der Waals surface area contributed by atoms with Gasteiger partial charge in [-0.3, -0.25) is 0 Å². The number of rotatable bonds is 6. The van der Waals surface area contributed by atoms with Crippen LogP contribution in [0.5, 0.6) is 0 Å². The molecule has 25 heavy (non-hydrogen) atoms. The maximum Gasteiger partial charge on any atom is 0.319 e. The maximum absolute atomic E-state index is 12.1. The molecule has 0 aliphatic heterocycles. The van der Waals surface area contributed by atoms with Crippen molar-refractivity contribution in [2.24, 2.45) is 0 Å². The van der Waals surface area contributed by atoms with Crippen molar-refractivity contribution in [3.63, 3.8) is 0 Å². The molecule has 4 nitrogen and oxygen atoms in total. The third kappa shape index (κ3) is 5.98. The predicted octanol–water partition coefficient (Wildman–Crippen LogP) is 1.48. The first kappa shape index (κ1) is 20.8. The zero-order valence-electron chi connectivity index (χ0n) is 15.4. The Hall–Kier alpha value is -2.20. The number of amides is 2. The highest BCUT2D eigenvalue weighted by molar-refractivity contribution is 5.90. The van der Waals surface area contributed by atoms with E-state index >= 15 is 0 Å². The van der Waals surface area contributed by atoms with Crippen molar-refractivity contribution in [3.05, 3.63) is 59.2 Å². The molecule has 0 saturated carbocycles. The van der Waals surface area contributed by atoms with Gasteiger partial charge in [-0.15, -0.1) is 0 Å². The summed E-state index contributed by atoms with van der Waals surface area (Å²) in [5.41, 5.74) is 5.37. The summed E-state index contributed by atoms with van der Waals surface area (Å²) in [5, 5.41) is 5.83. The molecule has 136 valence electrons. The van der Waals surface area contributed by atoms with E-state index in [-0.39, 0.29) is 18.4 Å². The van der Waals surface area contributed by atoms with Crippen molar-refractivity contribution in [1.29, 1.82) is 0 Å². The quantitative estimate of drug-likeness (QED) is 0.819. The third-order valence-electron chi connectivity index (χ3n) is 4.12. The van der Waals surface area contributed by atoms with Gasteiger partial charge in [0, 0.05) is 31.0 Å². The first-order chi connectivity index (χ1) is 11.5. The molecule has 0 unspecified atom stereocenters. The van der Waals surface area contributed by atoms with Gasteiger partial charge in [0.15, 0.2) is 0 Å². The van der Waals surface area contributed by atoms with Crippen molar-refractivity contribution in [2.45, 2.75) is 34.2 Å². The minimum absolute atomic E-state index is 0. The van der Waals surface area contributed by atoms with Crippen LogP contribution >= 0.6 is 0 Å². The van der Waals surface area contributed by atoms with Crippen LogP contribution in [-0.2, 0) is 6.54 Å². The molecule has 0 radical (unpaired) electrons. The number of urea groups is 1. The highest BCUT2D eigenvalue weighted by Gasteiger charge is 2.07. The molecule has 2 amide bonds. The second-order valence-corrected chi connectivity index (χ2v) is 5.97. The van der Waals surface area contributed by atoms with E-state index in [1.807, 2.05) is 38.1 Å². The van der Waals surface area contributed by atoms with Crippen molar-refractivity contribution in [1.82, 2.24) is 5.32 Å². The monoisotopic (exact) mass is 360 g/mol. The fraction of sp³-hybridized carbons (Fsp3) is 0.350. The Bertz CT molecular complexity index is 699.